The predicted octanol–water partition coefficient (Wildman–Crippen LogP) is 3.57. The number of hydrogen-bond acceptors (Lipinski definition) is 2. The highest BCUT2D eigenvalue weighted by atomic mass is 79.9. The van der Waals surface area contributed by atoms with Gasteiger partial charge in [-0.2, -0.15) is 0 Å². The first-order valence-electron chi connectivity index (χ1n) is 6.23. The van der Waals surface area contributed by atoms with Crippen molar-refractivity contribution in [1.29, 1.82) is 0 Å². The van der Waals surface area contributed by atoms with Crippen molar-refractivity contribution in [2.75, 3.05) is 26.8 Å². The van der Waals surface area contributed by atoms with E-state index in [-0.39, 0.29) is 0 Å². The van der Waals surface area contributed by atoms with Crippen LogP contribution in [-0.2, 0) is 4.74 Å². The van der Waals surface area contributed by atoms with Gasteiger partial charge in [-0.15, -0.1) is 0 Å². The van der Waals surface area contributed by atoms with Crippen molar-refractivity contribution < 1.29 is 4.74 Å². The first-order chi connectivity index (χ1) is 8.27. The van der Waals surface area contributed by atoms with Gasteiger partial charge in [0.25, 0.3) is 0 Å². The van der Waals surface area contributed by atoms with Gasteiger partial charge < -0.3 is 10.1 Å². The Labute approximate surface area is 113 Å². The fourth-order valence-electron chi connectivity index (χ4n) is 1.94. The zero-order valence-corrected chi connectivity index (χ0v) is 12.3. The van der Waals surface area contributed by atoms with E-state index in [9.17, 15) is 0 Å². The van der Waals surface area contributed by atoms with E-state index >= 15 is 0 Å². The van der Waals surface area contributed by atoms with Gasteiger partial charge in [-0.3, -0.25) is 0 Å². The summed E-state index contributed by atoms with van der Waals surface area (Å²) in [6.07, 6.45) is 2.27. The smallest absolute Gasteiger partial charge is 0.0462 e. The molecule has 0 spiro atoms. The molecule has 0 radical (unpaired) electrons. The number of rotatable bonds is 8. The molecule has 1 atom stereocenters. The third-order valence-corrected chi connectivity index (χ3v) is 3.36. The van der Waals surface area contributed by atoms with Crippen LogP contribution in [0.1, 0.15) is 31.2 Å². The summed E-state index contributed by atoms with van der Waals surface area (Å²) < 4.78 is 6.28. The quantitative estimate of drug-likeness (QED) is 0.741. The summed E-state index contributed by atoms with van der Waals surface area (Å²) in [5.74, 6) is 0.572. The second-order valence-electron chi connectivity index (χ2n) is 4.19. The van der Waals surface area contributed by atoms with E-state index in [2.05, 4.69) is 52.4 Å². The molecule has 0 fully saturated rings. The molecule has 0 saturated heterocycles. The Balaban J connectivity index is 2.60. The topological polar surface area (TPSA) is 21.3 Å². The van der Waals surface area contributed by atoms with E-state index in [1.807, 2.05) is 0 Å². The Bertz CT molecular complexity index is 317. The minimum absolute atomic E-state index is 0.572. The first kappa shape index (κ1) is 14.7. The molecular weight excluding hydrogens is 278 g/mol. The molecule has 3 heteroatoms. The van der Waals surface area contributed by atoms with Crippen molar-refractivity contribution in [3.63, 3.8) is 0 Å². The van der Waals surface area contributed by atoms with Crippen LogP contribution in [0.5, 0.6) is 0 Å². The minimum Gasteiger partial charge on any atom is -0.385 e. The van der Waals surface area contributed by atoms with Gasteiger partial charge in [0.1, 0.15) is 0 Å². The summed E-state index contributed by atoms with van der Waals surface area (Å²) in [5.41, 5.74) is 1.40. The van der Waals surface area contributed by atoms with Crippen LogP contribution < -0.4 is 5.32 Å². The lowest BCUT2D eigenvalue weighted by Gasteiger charge is -2.18. The molecule has 0 aliphatic carbocycles. The maximum Gasteiger partial charge on any atom is 0.0462 e. The standard InChI is InChI=1S/C14H22BrNO/c1-3-16-11-13(7-5-9-17-2)12-6-4-8-14(15)10-12/h4,6,8,10,13,16H,3,5,7,9,11H2,1-2H3. The highest BCUT2D eigenvalue weighted by Crippen LogP contribution is 2.23. The van der Waals surface area contributed by atoms with Gasteiger partial charge in [-0.25, -0.2) is 0 Å². The SMILES string of the molecule is CCNCC(CCCOC)c1cccc(Br)c1. The normalized spacial score (nSPS) is 12.6. The van der Waals surface area contributed by atoms with Crippen LogP contribution in [0.2, 0.25) is 0 Å². The lowest BCUT2D eigenvalue weighted by Crippen LogP contribution is -2.21. The molecule has 0 bridgehead atoms. The van der Waals surface area contributed by atoms with Gasteiger partial charge in [0, 0.05) is 24.7 Å². The van der Waals surface area contributed by atoms with E-state index < -0.39 is 0 Å². The van der Waals surface area contributed by atoms with E-state index in [1.54, 1.807) is 7.11 Å². The van der Waals surface area contributed by atoms with E-state index in [4.69, 9.17) is 4.74 Å². The number of benzene rings is 1. The summed E-state index contributed by atoms with van der Waals surface area (Å²) in [5, 5.41) is 3.44. The van der Waals surface area contributed by atoms with Crippen molar-refractivity contribution in [3.05, 3.63) is 34.3 Å². The molecule has 0 heterocycles. The van der Waals surface area contributed by atoms with Crippen LogP contribution in [0.15, 0.2) is 28.7 Å². The fraction of sp³-hybridized carbons (Fsp3) is 0.571. The summed E-state index contributed by atoms with van der Waals surface area (Å²) in [7, 11) is 1.76. The average molecular weight is 300 g/mol. The molecule has 0 aliphatic heterocycles. The van der Waals surface area contributed by atoms with E-state index in [0.29, 0.717) is 5.92 Å². The molecule has 17 heavy (non-hydrogen) atoms. The lowest BCUT2D eigenvalue weighted by atomic mass is 9.94. The van der Waals surface area contributed by atoms with Gasteiger partial charge in [-0.05, 0) is 43.0 Å². The molecule has 2 nitrogen and oxygen atoms in total. The number of ether oxygens (including phenoxy) is 1. The molecule has 1 aromatic carbocycles. The number of likely N-dealkylation sites (N-methyl/N-ethyl adjacent to an activating group) is 1. The third kappa shape index (κ3) is 5.66. The Morgan fingerprint density at radius 2 is 2.24 bits per heavy atom. The molecule has 96 valence electrons. The van der Waals surface area contributed by atoms with Crippen molar-refractivity contribution in [3.8, 4) is 0 Å². The highest BCUT2D eigenvalue weighted by Gasteiger charge is 2.10. The molecule has 0 saturated carbocycles. The second-order valence-corrected chi connectivity index (χ2v) is 5.11. The lowest BCUT2D eigenvalue weighted by molar-refractivity contribution is 0.190. The van der Waals surface area contributed by atoms with Crippen molar-refractivity contribution in [2.45, 2.75) is 25.7 Å². The second kappa shape index (κ2) is 8.67. The zero-order chi connectivity index (χ0) is 12.5. The molecule has 0 aromatic heterocycles. The average Bonchev–Trinajstić information content (AvgIpc) is 2.33. The maximum absolute atomic E-state index is 5.13. The molecule has 1 rings (SSSR count). The minimum atomic E-state index is 0.572. The van der Waals surface area contributed by atoms with Crippen LogP contribution in [0, 0.1) is 0 Å². The van der Waals surface area contributed by atoms with Gasteiger partial charge in [0.05, 0.1) is 0 Å². The van der Waals surface area contributed by atoms with E-state index in [1.165, 1.54) is 5.56 Å². The monoisotopic (exact) mass is 299 g/mol. The van der Waals surface area contributed by atoms with Crippen LogP contribution >= 0.6 is 15.9 Å². The largest absolute Gasteiger partial charge is 0.385 e. The van der Waals surface area contributed by atoms with Crippen molar-refractivity contribution in [1.82, 2.24) is 5.32 Å². The Kier molecular flexibility index (Phi) is 7.49. The van der Waals surface area contributed by atoms with Gasteiger partial charge in [-0.1, -0.05) is 35.0 Å². The summed E-state index contributed by atoms with van der Waals surface area (Å²) in [6.45, 7) is 5.05. The van der Waals surface area contributed by atoms with Crippen LogP contribution in [-0.4, -0.2) is 26.8 Å². The number of nitrogens with one attached hydrogen (secondary N) is 1. The van der Waals surface area contributed by atoms with Gasteiger partial charge in [0.15, 0.2) is 0 Å². The summed E-state index contributed by atoms with van der Waals surface area (Å²) in [4.78, 5) is 0. The maximum atomic E-state index is 5.13. The molecule has 1 unspecified atom stereocenters. The summed E-state index contributed by atoms with van der Waals surface area (Å²) >= 11 is 3.54. The highest BCUT2D eigenvalue weighted by molar-refractivity contribution is 9.10. The van der Waals surface area contributed by atoms with E-state index in [0.717, 1.165) is 37.0 Å². The number of halogens is 1. The molecule has 1 aromatic rings. The van der Waals surface area contributed by atoms with Gasteiger partial charge >= 0.3 is 0 Å². The van der Waals surface area contributed by atoms with Crippen LogP contribution in [0.25, 0.3) is 0 Å². The number of methoxy groups -OCH3 is 1. The first-order valence-corrected chi connectivity index (χ1v) is 7.02. The van der Waals surface area contributed by atoms with Crippen LogP contribution in [0.3, 0.4) is 0 Å². The Morgan fingerprint density at radius 3 is 2.88 bits per heavy atom. The van der Waals surface area contributed by atoms with Crippen LogP contribution in [0.4, 0.5) is 0 Å². The molecule has 1 N–H and O–H groups in total. The zero-order valence-electron chi connectivity index (χ0n) is 10.7. The molecular formula is C14H22BrNO. The fourth-order valence-corrected chi connectivity index (χ4v) is 2.36. The van der Waals surface area contributed by atoms with Crippen molar-refractivity contribution >= 4 is 15.9 Å². The molecule has 0 amide bonds. The molecule has 0 aliphatic rings. The number of hydrogen-bond donors (Lipinski definition) is 1. The van der Waals surface area contributed by atoms with Gasteiger partial charge in [0.2, 0.25) is 0 Å². The predicted molar refractivity (Wildman–Crippen MR) is 76.5 cm³/mol. The third-order valence-electron chi connectivity index (χ3n) is 2.86. The van der Waals surface area contributed by atoms with Crippen molar-refractivity contribution in [2.24, 2.45) is 0 Å². The Morgan fingerprint density at radius 1 is 1.41 bits per heavy atom. The summed E-state index contributed by atoms with van der Waals surface area (Å²) in [6, 6.07) is 8.60. The Hall–Kier alpha value is -0.380.